The number of hydrogen-bond acceptors (Lipinski definition) is 3. The molecule has 12 heteroatoms. The molecule has 0 saturated heterocycles. The number of benzene rings is 3. The van der Waals surface area contributed by atoms with Crippen LogP contribution in [0.15, 0.2) is 59.5 Å². The molecule has 0 bridgehead atoms. The quantitative estimate of drug-likeness (QED) is 0.427. The normalized spacial score (nSPS) is 14.4. The van der Waals surface area contributed by atoms with E-state index in [9.17, 15) is 35.2 Å². The number of amides is 1. The molecule has 0 atom stereocenters. The summed E-state index contributed by atoms with van der Waals surface area (Å²) in [4.78, 5) is 12.0. The van der Waals surface area contributed by atoms with Gasteiger partial charge in [0.05, 0.1) is 22.7 Å². The lowest BCUT2D eigenvalue weighted by molar-refractivity contribution is -0.137. The summed E-state index contributed by atoms with van der Waals surface area (Å²) in [5.41, 5.74) is 0.929. The molecule has 0 radical (unpaired) electrons. The van der Waals surface area contributed by atoms with Crippen molar-refractivity contribution in [1.29, 1.82) is 0 Å². The Morgan fingerprint density at radius 1 is 1.03 bits per heavy atom. The Hall–Kier alpha value is -3.02. The largest absolute Gasteiger partial charge is 0.416 e. The van der Waals surface area contributed by atoms with Crippen LogP contribution >= 0.6 is 11.6 Å². The van der Waals surface area contributed by atoms with Gasteiger partial charge in [0.1, 0.15) is 16.5 Å². The van der Waals surface area contributed by atoms with Gasteiger partial charge in [0.25, 0.3) is 0 Å². The van der Waals surface area contributed by atoms with E-state index >= 15 is 0 Å². The van der Waals surface area contributed by atoms with Crippen LogP contribution in [-0.4, -0.2) is 25.2 Å². The Labute approximate surface area is 208 Å². The van der Waals surface area contributed by atoms with Crippen LogP contribution in [0.4, 0.5) is 27.6 Å². The molecule has 1 heterocycles. The number of hydrogen-bond donors (Lipinski definition) is 1. The van der Waals surface area contributed by atoms with Gasteiger partial charge in [-0.2, -0.15) is 17.5 Å². The van der Waals surface area contributed by atoms with Crippen LogP contribution in [-0.2, 0) is 40.4 Å². The molecule has 0 unspecified atom stereocenters. The molecule has 1 aliphatic rings. The smallest absolute Gasteiger partial charge is 0.324 e. The number of sulfonamides is 1. The average Bonchev–Trinajstić information content (AvgIpc) is 2.80. The second-order valence-electron chi connectivity index (χ2n) is 8.14. The lowest BCUT2D eigenvalue weighted by Gasteiger charge is -2.30. The highest BCUT2D eigenvalue weighted by atomic mass is 35.5. The van der Waals surface area contributed by atoms with Gasteiger partial charge in [-0.3, -0.25) is 4.79 Å². The van der Waals surface area contributed by atoms with Gasteiger partial charge in [0.2, 0.25) is 15.9 Å². The summed E-state index contributed by atoms with van der Waals surface area (Å²) in [7, 11) is -4.26. The van der Waals surface area contributed by atoms with Gasteiger partial charge in [0, 0.05) is 19.2 Å². The number of halogens is 6. The van der Waals surface area contributed by atoms with Crippen molar-refractivity contribution in [3.05, 3.63) is 93.5 Å². The van der Waals surface area contributed by atoms with Crippen LogP contribution in [0.2, 0.25) is 5.02 Å². The lowest BCUT2D eigenvalue weighted by Crippen LogP contribution is -2.37. The van der Waals surface area contributed by atoms with Gasteiger partial charge >= 0.3 is 6.18 Å². The van der Waals surface area contributed by atoms with Crippen molar-refractivity contribution in [3.63, 3.8) is 0 Å². The summed E-state index contributed by atoms with van der Waals surface area (Å²) in [6.45, 7) is -0.179. The standard InChI is InChI=1S/C24H18ClF5N2O3S/c25-19-7-3-15-13-32(36(34,35)21-8-6-17(26)12-20(21)27)10-9-18(15)23(19)31-22(33)11-14-1-4-16(5-2-14)24(28,29)30/h1-8,12H,9-11,13H2,(H,31,33). The molecule has 4 rings (SSSR count). The van der Waals surface area contributed by atoms with E-state index in [-0.39, 0.29) is 36.6 Å². The van der Waals surface area contributed by atoms with E-state index in [2.05, 4.69) is 5.32 Å². The first-order valence-electron chi connectivity index (χ1n) is 10.6. The molecule has 1 amide bonds. The zero-order valence-electron chi connectivity index (χ0n) is 18.4. The van der Waals surface area contributed by atoms with E-state index in [0.717, 1.165) is 28.6 Å². The third-order valence-electron chi connectivity index (χ3n) is 5.74. The summed E-state index contributed by atoms with van der Waals surface area (Å²) < 4.78 is 92.5. The van der Waals surface area contributed by atoms with Gasteiger partial charge < -0.3 is 5.32 Å². The number of carbonyl (C=O) groups excluding carboxylic acids is 1. The lowest BCUT2D eigenvalue weighted by atomic mass is 9.98. The number of nitrogens with zero attached hydrogens (tertiary/aromatic N) is 1. The van der Waals surface area contributed by atoms with Crippen LogP contribution in [0, 0.1) is 11.6 Å². The monoisotopic (exact) mass is 544 g/mol. The number of carbonyl (C=O) groups is 1. The SMILES string of the molecule is O=C(Cc1ccc(C(F)(F)F)cc1)Nc1c(Cl)ccc2c1CCN(S(=O)(=O)c1ccc(F)cc1F)C2. The Kier molecular flexibility index (Phi) is 7.09. The van der Waals surface area contributed by atoms with Crippen molar-refractivity contribution < 1.29 is 35.2 Å². The molecule has 5 nitrogen and oxygen atoms in total. The maximum absolute atomic E-state index is 14.2. The molecule has 0 aromatic heterocycles. The highest BCUT2D eigenvalue weighted by molar-refractivity contribution is 7.89. The third kappa shape index (κ3) is 5.37. The number of rotatable bonds is 5. The van der Waals surface area contributed by atoms with Gasteiger partial charge in [-0.05, 0) is 53.4 Å². The first kappa shape index (κ1) is 26.1. The molecular weight excluding hydrogens is 527 g/mol. The maximum Gasteiger partial charge on any atom is 0.416 e. The maximum atomic E-state index is 14.2. The fourth-order valence-corrected chi connectivity index (χ4v) is 5.63. The van der Waals surface area contributed by atoms with Crippen LogP contribution in [0.3, 0.4) is 0 Å². The summed E-state index contributed by atoms with van der Waals surface area (Å²) >= 11 is 6.28. The summed E-state index contributed by atoms with van der Waals surface area (Å²) in [6.07, 6.45) is -4.54. The number of alkyl halides is 3. The molecular formula is C24H18ClF5N2O3S. The molecule has 1 N–H and O–H groups in total. The van der Waals surface area contributed by atoms with Crippen LogP contribution in [0.1, 0.15) is 22.3 Å². The Bertz CT molecular complexity index is 1430. The average molecular weight is 545 g/mol. The first-order valence-corrected chi connectivity index (χ1v) is 12.4. The van der Waals surface area contributed by atoms with Crippen molar-refractivity contribution in [2.24, 2.45) is 0 Å². The predicted molar refractivity (Wildman–Crippen MR) is 123 cm³/mol. The van der Waals surface area contributed by atoms with Gasteiger partial charge in [-0.15, -0.1) is 0 Å². The predicted octanol–water partition coefficient (Wildman–Crippen LogP) is 5.57. The number of anilines is 1. The Morgan fingerprint density at radius 3 is 2.36 bits per heavy atom. The second-order valence-corrected chi connectivity index (χ2v) is 10.5. The zero-order chi connectivity index (χ0) is 26.3. The second kappa shape index (κ2) is 9.79. The van der Waals surface area contributed by atoms with Crippen LogP contribution < -0.4 is 5.32 Å². The van der Waals surface area contributed by atoms with Gasteiger partial charge in [-0.1, -0.05) is 29.8 Å². The summed E-state index contributed by atoms with van der Waals surface area (Å²) in [5, 5.41) is 2.87. The number of nitrogens with one attached hydrogen (secondary N) is 1. The minimum atomic E-state index is -4.48. The van der Waals surface area contributed by atoms with E-state index in [0.29, 0.717) is 22.8 Å². The third-order valence-corrected chi connectivity index (χ3v) is 7.93. The number of fused-ring (bicyclic) bond motifs is 1. The molecule has 0 spiro atoms. The molecule has 1 aliphatic heterocycles. The van der Waals surface area contributed by atoms with Gasteiger partial charge in [-0.25, -0.2) is 17.2 Å². The molecule has 0 aliphatic carbocycles. The van der Waals surface area contributed by atoms with Crippen molar-refractivity contribution in [2.75, 3.05) is 11.9 Å². The van der Waals surface area contributed by atoms with Crippen molar-refractivity contribution in [2.45, 2.75) is 30.5 Å². The minimum Gasteiger partial charge on any atom is -0.324 e. The van der Waals surface area contributed by atoms with E-state index in [4.69, 9.17) is 11.6 Å². The molecule has 190 valence electrons. The highest BCUT2D eigenvalue weighted by Crippen LogP contribution is 2.35. The van der Waals surface area contributed by atoms with Crippen molar-refractivity contribution in [1.82, 2.24) is 4.31 Å². The Morgan fingerprint density at radius 2 is 1.72 bits per heavy atom. The van der Waals surface area contributed by atoms with Gasteiger partial charge in [0.15, 0.2) is 0 Å². The molecule has 3 aromatic rings. The Balaban J connectivity index is 1.52. The summed E-state index contributed by atoms with van der Waals surface area (Å²) in [6, 6.07) is 9.48. The van der Waals surface area contributed by atoms with Crippen LogP contribution in [0.5, 0.6) is 0 Å². The summed E-state index contributed by atoms with van der Waals surface area (Å²) in [5.74, 6) is -2.62. The minimum absolute atomic E-state index is 0.0474. The van der Waals surface area contributed by atoms with E-state index in [1.807, 2.05) is 0 Å². The molecule has 0 fully saturated rings. The van der Waals surface area contributed by atoms with E-state index in [1.54, 1.807) is 6.07 Å². The van der Waals surface area contributed by atoms with E-state index in [1.165, 1.54) is 18.2 Å². The fourth-order valence-electron chi connectivity index (χ4n) is 3.95. The first-order chi connectivity index (χ1) is 16.9. The fraction of sp³-hybridized carbons (Fsp3) is 0.208. The molecule has 36 heavy (non-hydrogen) atoms. The highest BCUT2D eigenvalue weighted by Gasteiger charge is 2.32. The van der Waals surface area contributed by atoms with Crippen molar-refractivity contribution in [3.8, 4) is 0 Å². The van der Waals surface area contributed by atoms with E-state index < -0.39 is 44.2 Å². The van der Waals surface area contributed by atoms with Crippen LogP contribution in [0.25, 0.3) is 0 Å². The topological polar surface area (TPSA) is 66.5 Å². The molecule has 0 saturated carbocycles. The van der Waals surface area contributed by atoms with Crippen molar-refractivity contribution >= 4 is 33.2 Å². The zero-order valence-corrected chi connectivity index (χ0v) is 19.9. The molecule has 3 aromatic carbocycles.